The van der Waals surface area contributed by atoms with E-state index in [4.69, 9.17) is 15.9 Å². The van der Waals surface area contributed by atoms with Crippen molar-refractivity contribution in [2.24, 2.45) is 0 Å². The molecule has 1 saturated heterocycles. The number of fused-ring (bicyclic) bond motifs is 2. The van der Waals surface area contributed by atoms with Crippen LogP contribution >= 0.6 is 0 Å². The lowest BCUT2D eigenvalue weighted by Gasteiger charge is -2.39. The first-order chi connectivity index (χ1) is 14.0. The summed E-state index contributed by atoms with van der Waals surface area (Å²) in [4.78, 5) is 12.2. The first-order valence-electron chi connectivity index (χ1n) is 9.45. The number of nitrogens with two attached hydrogens (primary N) is 1. The highest BCUT2D eigenvalue weighted by atomic mass is 16.5. The monoisotopic (exact) mass is 384 g/mol. The van der Waals surface area contributed by atoms with Crippen molar-refractivity contribution in [1.82, 2.24) is 10.6 Å². The largest absolute Gasteiger partial charge is 0.485 e. The van der Waals surface area contributed by atoms with E-state index in [1.807, 2.05) is 72.8 Å². The van der Waals surface area contributed by atoms with Gasteiger partial charge in [0.05, 0.1) is 0 Å². The molecule has 2 aliphatic heterocycles. The number of urea groups is 1. The molecular weight excluding hydrogens is 364 g/mol. The van der Waals surface area contributed by atoms with Gasteiger partial charge in [-0.05, 0) is 41.0 Å². The van der Waals surface area contributed by atoms with Gasteiger partial charge >= 0.3 is 6.03 Å². The summed E-state index contributed by atoms with van der Waals surface area (Å²) in [5.41, 5.74) is 9.37. The Morgan fingerprint density at radius 3 is 2.52 bits per heavy atom. The molecule has 0 aliphatic carbocycles. The quantitative estimate of drug-likeness (QED) is 0.503. The van der Waals surface area contributed by atoms with Crippen LogP contribution < -0.4 is 21.1 Å². The molecule has 6 heteroatoms. The van der Waals surface area contributed by atoms with Gasteiger partial charge in [-0.1, -0.05) is 48.5 Å². The first kappa shape index (κ1) is 17.3. The third-order valence-corrected chi connectivity index (χ3v) is 5.58. The number of amidine groups is 1. The molecule has 2 aliphatic rings. The number of hydrogen-bond acceptors (Lipinski definition) is 4. The van der Waals surface area contributed by atoms with Gasteiger partial charge in [0.1, 0.15) is 23.2 Å². The smallest absolute Gasteiger partial charge is 0.321 e. The maximum absolute atomic E-state index is 12.2. The molecule has 2 heterocycles. The maximum Gasteiger partial charge on any atom is 0.321 e. The standard InChI is InChI=1S/C23H20N4O2/c24-17-8-4-7-15(11-17)16-9-10-19-18(12-16)23(21(25)26-22(28)27-23)13-20(29-19)14-5-2-1-3-6-14/h1-12,20H,13,24H2,(H3,25,26,27,28). The van der Waals surface area contributed by atoms with Crippen LogP contribution in [0.2, 0.25) is 0 Å². The average Bonchev–Trinajstić information content (AvgIpc) is 3.01. The zero-order valence-corrected chi connectivity index (χ0v) is 15.6. The number of amides is 2. The Bertz CT molecular complexity index is 1130. The van der Waals surface area contributed by atoms with Gasteiger partial charge in [-0.15, -0.1) is 0 Å². The van der Waals surface area contributed by atoms with Crippen LogP contribution in [-0.4, -0.2) is 11.9 Å². The highest BCUT2D eigenvalue weighted by Gasteiger charge is 2.51. The second-order valence-corrected chi connectivity index (χ2v) is 7.42. The van der Waals surface area contributed by atoms with Gasteiger partial charge in [0.25, 0.3) is 0 Å². The van der Waals surface area contributed by atoms with Gasteiger partial charge in [-0.25, -0.2) is 4.79 Å². The summed E-state index contributed by atoms with van der Waals surface area (Å²) in [6, 6.07) is 23.0. The SMILES string of the molecule is N=C1NC(=O)NC12CC(c1ccccc1)Oc1ccc(-c3cccc(N)c3)cc12. The van der Waals surface area contributed by atoms with Crippen molar-refractivity contribution in [3.8, 4) is 16.9 Å². The van der Waals surface area contributed by atoms with E-state index in [0.29, 0.717) is 17.9 Å². The molecule has 0 bridgehead atoms. The number of rotatable bonds is 2. The second-order valence-electron chi connectivity index (χ2n) is 7.42. The molecule has 0 aromatic heterocycles. The molecule has 3 aromatic rings. The van der Waals surface area contributed by atoms with Crippen LogP contribution in [0.25, 0.3) is 11.1 Å². The summed E-state index contributed by atoms with van der Waals surface area (Å²) in [5, 5.41) is 14.1. The van der Waals surface area contributed by atoms with E-state index < -0.39 is 5.54 Å². The van der Waals surface area contributed by atoms with Crippen LogP contribution in [0.4, 0.5) is 10.5 Å². The second kappa shape index (κ2) is 6.38. The number of carbonyl (C=O) groups excluding carboxylic acids is 1. The van der Waals surface area contributed by atoms with Gasteiger partial charge < -0.3 is 15.8 Å². The van der Waals surface area contributed by atoms with E-state index in [2.05, 4.69) is 10.6 Å². The van der Waals surface area contributed by atoms with Gasteiger partial charge in [0, 0.05) is 17.7 Å². The van der Waals surface area contributed by atoms with Crippen LogP contribution in [0.15, 0.2) is 72.8 Å². The molecule has 1 fully saturated rings. The van der Waals surface area contributed by atoms with Crippen molar-refractivity contribution in [1.29, 1.82) is 5.41 Å². The summed E-state index contributed by atoms with van der Waals surface area (Å²) >= 11 is 0. The predicted octanol–water partition coefficient (Wildman–Crippen LogP) is 3.94. The van der Waals surface area contributed by atoms with Crippen molar-refractivity contribution in [2.45, 2.75) is 18.1 Å². The molecule has 0 radical (unpaired) electrons. The molecule has 2 atom stereocenters. The molecule has 144 valence electrons. The Balaban J connectivity index is 1.65. The summed E-state index contributed by atoms with van der Waals surface area (Å²) in [6.45, 7) is 0. The van der Waals surface area contributed by atoms with Crippen molar-refractivity contribution < 1.29 is 9.53 Å². The number of nitrogens with one attached hydrogen (secondary N) is 3. The lowest BCUT2D eigenvalue weighted by atomic mass is 9.79. The summed E-state index contributed by atoms with van der Waals surface area (Å²) in [5.74, 6) is 0.796. The maximum atomic E-state index is 12.2. The number of hydrogen-bond donors (Lipinski definition) is 4. The molecule has 29 heavy (non-hydrogen) atoms. The minimum atomic E-state index is -0.957. The first-order valence-corrected chi connectivity index (χ1v) is 9.45. The number of ether oxygens (including phenoxy) is 1. The minimum Gasteiger partial charge on any atom is -0.485 e. The molecule has 6 nitrogen and oxygen atoms in total. The number of anilines is 1. The molecule has 0 saturated carbocycles. The van der Waals surface area contributed by atoms with Crippen LogP contribution in [0, 0.1) is 5.41 Å². The van der Waals surface area contributed by atoms with E-state index in [9.17, 15) is 4.79 Å². The number of nitrogen functional groups attached to an aromatic ring is 1. The zero-order chi connectivity index (χ0) is 20.0. The number of carbonyl (C=O) groups is 1. The Hall–Kier alpha value is -3.80. The Labute approximate surface area is 168 Å². The van der Waals surface area contributed by atoms with Gasteiger partial charge in [0.15, 0.2) is 0 Å². The topological polar surface area (TPSA) is 100 Å². The van der Waals surface area contributed by atoms with Crippen LogP contribution in [-0.2, 0) is 5.54 Å². The summed E-state index contributed by atoms with van der Waals surface area (Å²) < 4.78 is 6.30. The minimum absolute atomic E-state index is 0.137. The third-order valence-electron chi connectivity index (χ3n) is 5.58. The van der Waals surface area contributed by atoms with E-state index in [0.717, 1.165) is 22.3 Å². The lowest BCUT2D eigenvalue weighted by molar-refractivity contribution is 0.139. The van der Waals surface area contributed by atoms with Crippen molar-refractivity contribution in [3.63, 3.8) is 0 Å². The average molecular weight is 384 g/mol. The van der Waals surface area contributed by atoms with Crippen molar-refractivity contribution >= 4 is 17.6 Å². The van der Waals surface area contributed by atoms with Gasteiger partial charge in [-0.3, -0.25) is 10.7 Å². The Kier molecular flexibility index (Phi) is 3.81. The fourth-order valence-corrected chi connectivity index (χ4v) is 4.16. The molecule has 5 rings (SSSR count). The molecule has 5 N–H and O–H groups in total. The van der Waals surface area contributed by atoms with Crippen LogP contribution in [0.5, 0.6) is 5.75 Å². The fraction of sp³-hybridized carbons (Fsp3) is 0.130. The highest BCUT2D eigenvalue weighted by molar-refractivity contribution is 6.09. The molecule has 2 amide bonds. The van der Waals surface area contributed by atoms with Crippen LogP contribution in [0.1, 0.15) is 23.7 Å². The molecule has 1 spiro atoms. The van der Waals surface area contributed by atoms with E-state index in [-0.39, 0.29) is 18.0 Å². The van der Waals surface area contributed by atoms with E-state index in [1.54, 1.807) is 0 Å². The molecule has 2 unspecified atom stereocenters. The Morgan fingerprint density at radius 2 is 1.79 bits per heavy atom. The molecule has 3 aromatic carbocycles. The van der Waals surface area contributed by atoms with Gasteiger partial charge in [0.2, 0.25) is 0 Å². The normalized spacial score (nSPS) is 22.6. The zero-order valence-electron chi connectivity index (χ0n) is 15.6. The lowest BCUT2D eigenvalue weighted by Crippen LogP contribution is -2.48. The summed E-state index contributed by atoms with van der Waals surface area (Å²) in [6.07, 6.45) is 0.157. The Morgan fingerprint density at radius 1 is 1.00 bits per heavy atom. The fourth-order valence-electron chi connectivity index (χ4n) is 4.16. The van der Waals surface area contributed by atoms with E-state index >= 15 is 0 Å². The van der Waals surface area contributed by atoms with E-state index in [1.165, 1.54) is 0 Å². The van der Waals surface area contributed by atoms with Crippen molar-refractivity contribution in [3.05, 3.63) is 83.9 Å². The summed E-state index contributed by atoms with van der Waals surface area (Å²) in [7, 11) is 0. The van der Waals surface area contributed by atoms with Crippen molar-refractivity contribution in [2.75, 3.05) is 5.73 Å². The molecular formula is C23H20N4O2. The third kappa shape index (κ3) is 2.81. The number of benzene rings is 3. The highest BCUT2D eigenvalue weighted by Crippen LogP contribution is 2.47. The predicted molar refractivity (Wildman–Crippen MR) is 112 cm³/mol. The van der Waals surface area contributed by atoms with Crippen LogP contribution in [0.3, 0.4) is 0 Å². The van der Waals surface area contributed by atoms with Gasteiger partial charge in [-0.2, -0.15) is 0 Å².